The van der Waals surface area contributed by atoms with Gasteiger partial charge in [0.15, 0.2) is 0 Å². The molecule has 1 heteroatoms. The summed E-state index contributed by atoms with van der Waals surface area (Å²) in [4.78, 5) is 0. The number of aryl methyl sites for hydroxylation is 1. The van der Waals surface area contributed by atoms with Crippen molar-refractivity contribution in [2.24, 2.45) is 17.3 Å². The van der Waals surface area contributed by atoms with Crippen LogP contribution in [0.15, 0.2) is 24.3 Å². The summed E-state index contributed by atoms with van der Waals surface area (Å²) < 4.78 is 0. The minimum atomic E-state index is 0.422. The van der Waals surface area contributed by atoms with E-state index in [0.29, 0.717) is 5.41 Å². The van der Waals surface area contributed by atoms with E-state index in [1.54, 1.807) is 11.1 Å². The van der Waals surface area contributed by atoms with Crippen molar-refractivity contribution < 1.29 is 0 Å². The van der Waals surface area contributed by atoms with Crippen LogP contribution < -0.4 is 5.30 Å². The second-order valence-electron chi connectivity index (χ2n) is 8.03. The maximum Gasteiger partial charge on any atom is 0.0319 e. The summed E-state index contributed by atoms with van der Waals surface area (Å²) in [7, 11) is 2.88. The third-order valence-corrected chi connectivity index (χ3v) is 7.59. The van der Waals surface area contributed by atoms with Gasteiger partial charge in [-0.1, -0.05) is 44.9 Å². The van der Waals surface area contributed by atoms with Crippen LogP contribution in [0.2, 0.25) is 0 Å². The molecular weight excluding hydrogens is 319 g/mol. The van der Waals surface area contributed by atoms with Crippen LogP contribution in [0.5, 0.6) is 0 Å². The van der Waals surface area contributed by atoms with Gasteiger partial charge in [0.2, 0.25) is 0 Å². The summed E-state index contributed by atoms with van der Waals surface area (Å²) >= 11 is 0. The van der Waals surface area contributed by atoms with E-state index in [1.807, 2.05) is 20.8 Å². The molecule has 0 N–H and O–H groups in total. The molecule has 3 aliphatic rings. The lowest BCUT2D eigenvalue weighted by molar-refractivity contribution is 0.0817. The first kappa shape index (κ1) is 18.7. The van der Waals surface area contributed by atoms with Crippen LogP contribution in [0.25, 0.3) is 0 Å². The Morgan fingerprint density at radius 3 is 2.64 bits per heavy atom. The first-order valence-corrected chi connectivity index (χ1v) is 10.7. The highest BCUT2D eigenvalue weighted by Gasteiger charge is 2.51. The average Bonchev–Trinajstić information content (AvgIpc) is 2.93. The van der Waals surface area contributed by atoms with E-state index in [1.165, 1.54) is 55.0 Å². The SMILES string of the molecule is C=C1CCC2C3CCc4cc(P)c(C#CC)cc4C3CC[C@]12C.CC. The number of rotatable bonds is 0. The molecule has 3 aliphatic carbocycles. The molecule has 25 heavy (non-hydrogen) atoms. The third kappa shape index (κ3) is 3.00. The topological polar surface area (TPSA) is 0 Å². The lowest BCUT2D eigenvalue weighted by Gasteiger charge is -2.49. The molecule has 0 amide bonds. The van der Waals surface area contributed by atoms with Gasteiger partial charge in [0.1, 0.15) is 0 Å². The molecule has 2 saturated carbocycles. The summed E-state index contributed by atoms with van der Waals surface area (Å²) in [6, 6.07) is 4.80. The summed E-state index contributed by atoms with van der Waals surface area (Å²) in [5.74, 6) is 8.85. The Hall–Kier alpha value is -1.05. The van der Waals surface area contributed by atoms with Gasteiger partial charge in [0.05, 0.1) is 0 Å². The number of fused-ring (bicyclic) bond motifs is 5. The first-order valence-electron chi connectivity index (χ1n) is 10.1. The van der Waals surface area contributed by atoms with Gasteiger partial charge in [-0.3, -0.25) is 0 Å². The standard InChI is InChI=1S/C22H27P.C2H6/c1-4-5-16-12-19-15(13-21(16)23)7-8-18-17(19)10-11-22(3)14(2)6-9-20(18)22;1-2/h12-13,17-18,20H,2,6-11,23H2,1,3H3;1-2H3/t17?,18?,20?,22-;/m1./s1. The number of allylic oxidation sites excluding steroid dienone is 1. The van der Waals surface area contributed by atoms with Gasteiger partial charge in [-0.2, -0.15) is 0 Å². The van der Waals surface area contributed by atoms with E-state index < -0.39 is 0 Å². The molecular formula is C24H33P. The van der Waals surface area contributed by atoms with Crippen LogP contribution >= 0.6 is 9.24 Å². The molecule has 0 nitrogen and oxygen atoms in total. The number of hydrogen-bond donors (Lipinski definition) is 0. The highest BCUT2D eigenvalue weighted by atomic mass is 31.0. The molecule has 4 rings (SSSR count). The average molecular weight is 353 g/mol. The van der Waals surface area contributed by atoms with E-state index in [0.717, 1.165) is 17.8 Å². The monoisotopic (exact) mass is 352 g/mol. The van der Waals surface area contributed by atoms with Gasteiger partial charge in [-0.25, -0.2) is 0 Å². The molecule has 0 saturated heterocycles. The van der Waals surface area contributed by atoms with E-state index >= 15 is 0 Å². The van der Waals surface area contributed by atoms with Crippen molar-refractivity contribution >= 4 is 14.5 Å². The Kier molecular flexibility index (Phi) is 5.46. The van der Waals surface area contributed by atoms with Crippen molar-refractivity contribution in [3.63, 3.8) is 0 Å². The van der Waals surface area contributed by atoms with Crippen molar-refractivity contribution in [3.8, 4) is 11.8 Å². The lowest BCUT2D eigenvalue weighted by atomic mass is 9.55. The molecule has 0 bridgehead atoms. The third-order valence-electron chi connectivity index (χ3n) is 7.11. The molecule has 0 aliphatic heterocycles. The van der Waals surface area contributed by atoms with Gasteiger partial charge in [0.25, 0.3) is 0 Å². The van der Waals surface area contributed by atoms with Crippen molar-refractivity contribution in [1.29, 1.82) is 0 Å². The lowest BCUT2D eigenvalue weighted by Crippen LogP contribution is -2.40. The fourth-order valence-electron chi connectivity index (χ4n) is 5.79. The summed E-state index contributed by atoms with van der Waals surface area (Å²) in [6.45, 7) is 12.9. The zero-order valence-electron chi connectivity index (χ0n) is 16.4. The fourth-order valence-corrected chi connectivity index (χ4v) is 6.15. The predicted octanol–water partition coefficient (Wildman–Crippen LogP) is 6.00. The molecule has 0 radical (unpaired) electrons. The quantitative estimate of drug-likeness (QED) is 0.305. The maximum atomic E-state index is 4.42. The Labute approximate surface area is 157 Å². The Bertz CT molecular complexity index is 732. The summed E-state index contributed by atoms with van der Waals surface area (Å²) in [6.07, 6.45) is 7.90. The molecule has 0 heterocycles. The fraction of sp³-hybridized carbons (Fsp3) is 0.583. The molecule has 0 aromatic heterocycles. The van der Waals surface area contributed by atoms with Crippen LogP contribution in [0.3, 0.4) is 0 Å². The molecule has 2 fully saturated rings. The van der Waals surface area contributed by atoms with Crippen LogP contribution in [0.1, 0.15) is 82.4 Å². The predicted molar refractivity (Wildman–Crippen MR) is 113 cm³/mol. The minimum Gasteiger partial charge on any atom is -0.104 e. The van der Waals surface area contributed by atoms with Gasteiger partial charge in [-0.05, 0) is 91.1 Å². The van der Waals surface area contributed by atoms with Gasteiger partial charge in [-0.15, -0.1) is 15.2 Å². The smallest absolute Gasteiger partial charge is 0.0319 e. The van der Waals surface area contributed by atoms with Gasteiger partial charge in [0, 0.05) is 5.56 Å². The van der Waals surface area contributed by atoms with Crippen LogP contribution in [0, 0.1) is 29.1 Å². The number of benzene rings is 1. The largest absolute Gasteiger partial charge is 0.104 e. The van der Waals surface area contributed by atoms with E-state index in [9.17, 15) is 0 Å². The van der Waals surface area contributed by atoms with E-state index in [2.05, 4.69) is 46.7 Å². The van der Waals surface area contributed by atoms with Crippen molar-refractivity contribution in [3.05, 3.63) is 41.0 Å². The normalized spacial score (nSPS) is 32.4. The zero-order valence-corrected chi connectivity index (χ0v) is 17.6. The van der Waals surface area contributed by atoms with Crippen LogP contribution in [-0.2, 0) is 6.42 Å². The molecule has 134 valence electrons. The second kappa shape index (κ2) is 7.29. The van der Waals surface area contributed by atoms with E-state index in [4.69, 9.17) is 0 Å². The summed E-state index contributed by atoms with van der Waals surface area (Å²) in [5, 5.41) is 1.27. The van der Waals surface area contributed by atoms with Gasteiger partial charge >= 0.3 is 0 Å². The van der Waals surface area contributed by atoms with Crippen molar-refractivity contribution in [2.75, 3.05) is 0 Å². The Morgan fingerprint density at radius 1 is 1.16 bits per heavy atom. The summed E-state index contributed by atoms with van der Waals surface area (Å²) in [5.41, 5.74) is 6.36. The van der Waals surface area contributed by atoms with Crippen molar-refractivity contribution in [1.82, 2.24) is 0 Å². The molecule has 1 aromatic carbocycles. The second-order valence-corrected chi connectivity index (χ2v) is 8.65. The molecule has 1 aromatic rings. The molecule has 0 spiro atoms. The van der Waals surface area contributed by atoms with E-state index in [-0.39, 0.29) is 0 Å². The molecule has 5 atom stereocenters. The first-order chi connectivity index (χ1) is 12.0. The Morgan fingerprint density at radius 2 is 1.92 bits per heavy atom. The highest BCUT2D eigenvalue weighted by molar-refractivity contribution is 7.27. The van der Waals surface area contributed by atoms with Crippen LogP contribution in [-0.4, -0.2) is 0 Å². The maximum absolute atomic E-state index is 4.42. The molecule has 4 unspecified atom stereocenters. The highest BCUT2D eigenvalue weighted by Crippen LogP contribution is 2.62. The zero-order chi connectivity index (χ0) is 18.2. The van der Waals surface area contributed by atoms with Gasteiger partial charge < -0.3 is 0 Å². The minimum absolute atomic E-state index is 0.422. The Balaban J connectivity index is 0.000000880. The van der Waals surface area contributed by atoms with Crippen LogP contribution in [0.4, 0.5) is 0 Å². The number of hydrogen-bond acceptors (Lipinski definition) is 0. The van der Waals surface area contributed by atoms with Crippen molar-refractivity contribution in [2.45, 2.75) is 72.1 Å².